The number of amides is 1. The highest BCUT2D eigenvalue weighted by Crippen LogP contribution is 2.25. The first-order chi connectivity index (χ1) is 9.81. The Morgan fingerprint density at radius 3 is 2.71 bits per heavy atom. The minimum absolute atomic E-state index is 0.0764. The molecule has 1 heterocycles. The Morgan fingerprint density at radius 2 is 2.10 bits per heavy atom. The van der Waals surface area contributed by atoms with Crippen LogP contribution in [0.4, 0.5) is 0 Å². The summed E-state index contributed by atoms with van der Waals surface area (Å²) >= 11 is 6.06. The summed E-state index contributed by atoms with van der Waals surface area (Å²) in [4.78, 5) is 16.8. The van der Waals surface area contributed by atoms with E-state index < -0.39 is 0 Å². The van der Waals surface area contributed by atoms with Gasteiger partial charge in [-0.15, -0.1) is 0 Å². The Balaban J connectivity index is 2.17. The lowest BCUT2D eigenvalue weighted by molar-refractivity contribution is 0.0722. The van der Waals surface area contributed by atoms with Gasteiger partial charge in [-0.1, -0.05) is 32.4 Å². The average Bonchev–Trinajstić information content (AvgIpc) is 2.84. The van der Waals surface area contributed by atoms with Crippen molar-refractivity contribution in [2.24, 2.45) is 0 Å². The van der Waals surface area contributed by atoms with E-state index in [4.69, 9.17) is 16.3 Å². The third kappa shape index (κ3) is 3.95. The number of pyridine rings is 1. The lowest BCUT2D eigenvalue weighted by Crippen LogP contribution is -2.40. The number of aromatic nitrogens is 1. The molecule has 1 aromatic heterocycles. The van der Waals surface area contributed by atoms with E-state index in [2.05, 4.69) is 10.3 Å². The van der Waals surface area contributed by atoms with Crippen LogP contribution >= 0.6 is 11.6 Å². The summed E-state index contributed by atoms with van der Waals surface area (Å²) in [6, 6.07) is 3.51. The molecule has 21 heavy (non-hydrogen) atoms. The molecule has 0 aromatic carbocycles. The van der Waals surface area contributed by atoms with Crippen molar-refractivity contribution < 1.29 is 9.53 Å². The predicted octanol–water partition coefficient (Wildman–Crippen LogP) is 3.33. The van der Waals surface area contributed by atoms with E-state index in [-0.39, 0.29) is 23.5 Å². The molecule has 116 valence electrons. The molecule has 0 saturated heterocycles. The highest BCUT2D eigenvalue weighted by molar-refractivity contribution is 6.29. The monoisotopic (exact) mass is 310 g/mol. The number of halogens is 1. The van der Waals surface area contributed by atoms with Crippen LogP contribution in [0, 0.1) is 0 Å². The van der Waals surface area contributed by atoms with Crippen LogP contribution in [0.3, 0.4) is 0 Å². The molecular weight excluding hydrogens is 288 g/mol. The summed E-state index contributed by atoms with van der Waals surface area (Å²) in [6.45, 7) is 6.14. The predicted molar refractivity (Wildman–Crippen MR) is 83.8 cm³/mol. The first kappa shape index (κ1) is 16.2. The number of carbonyl (C=O) groups is 1. The van der Waals surface area contributed by atoms with Crippen LogP contribution in [0.1, 0.15) is 56.1 Å². The second kappa shape index (κ2) is 6.32. The fourth-order valence-electron chi connectivity index (χ4n) is 2.64. The fourth-order valence-corrected chi connectivity index (χ4v) is 2.85. The fraction of sp³-hybridized carbons (Fsp3) is 0.625. The molecule has 0 bridgehead atoms. The first-order valence-corrected chi connectivity index (χ1v) is 7.71. The molecule has 1 amide bonds. The zero-order valence-electron chi connectivity index (χ0n) is 13.1. The van der Waals surface area contributed by atoms with Crippen LogP contribution < -0.4 is 5.32 Å². The van der Waals surface area contributed by atoms with Crippen molar-refractivity contribution in [3.05, 3.63) is 28.5 Å². The highest BCUT2D eigenvalue weighted by atomic mass is 35.5. The average molecular weight is 311 g/mol. The summed E-state index contributed by atoms with van der Waals surface area (Å²) in [6.07, 6.45) is 3.13. The Hall–Kier alpha value is -1.13. The van der Waals surface area contributed by atoms with Gasteiger partial charge >= 0.3 is 0 Å². The summed E-state index contributed by atoms with van der Waals surface area (Å²) in [5.74, 6) is -0.112. The van der Waals surface area contributed by atoms with E-state index in [1.807, 2.05) is 26.8 Å². The molecule has 1 N–H and O–H groups in total. The number of rotatable bonds is 3. The van der Waals surface area contributed by atoms with Gasteiger partial charge in [0.25, 0.3) is 5.91 Å². The number of carbonyl (C=O) groups excluding carboxylic acids is 1. The van der Waals surface area contributed by atoms with Gasteiger partial charge in [-0.2, -0.15) is 0 Å². The van der Waals surface area contributed by atoms with Crippen LogP contribution in [0.5, 0.6) is 0 Å². The number of hydrogen-bond donors (Lipinski definition) is 1. The van der Waals surface area contributed by atoms with Gasteiger partial charge < -0.3 is 10.1 Å². The lowest BCUT2D eigenvalue weighted by Gasteiger charge is -2.21. The molecule has 1 aliphatic rings. The van der Waals surface area contributed by atoms with Crippen molar-refractivity contribution in [1.29, 1.82) is 0 Å². The van der Waals surface area contributed by atoms with Gasteiger partial charge in [-0.25, -0.2) is 4.98 Å². The molecule has 5 heteroatoms. The smallest absolute Gasteiger partial charge is 0.251 e. The van der Waals surface area contributed by atoms with Gasteiger partial charge in [0.1, 0.15) is 5.15 Å². The van der Waals surface area contributed by atoms with Crippen molar-refractivity contribution in [3.63, 3.8) is 0 Å². The van der Waals surface area contributed by atoms with E-state index in [1.54, 1.807) is 13.2 Å². The van der Waals surface area contributed by atoms with E-state index in [0.29, 0.717) is 10.7 Å². The second-order valence-electron chi connectivity index (χ2n) is 6.60. The van der Waals surface area contributed by atoms with Crippen LogP contribution in [-0.2, 0) is 10.2 Å². The van der Waals surface area contributed by atoms with Gasteiger partial charge in [0.2, 0.25) is 0 Å². The van der Waals surface area contributed by atoms with Crippen molar-refractivity contribution in [1.82, 2.24) is 10.3 Å². The zero-order valence-corrected chi connectivity index (χ0v) is 13.8. The van der Waals surface area contributed by atoms with Crippen molar-refractivity contribution in [3.8, 4) is 0 Å². The van der Waals surface area contributed by atoms with Gasteiger partial charge in [0.15, 0.2) is 0 Å². The molecular formula is C16H23ClN2O2. The maximum absolute atomic E-state index is 12.4. The number of nitrogens with one attached hydrogen (secondary N) is 1. The molecule has 2 rings (SSSR count). The third-order valence-electron chi connectivity index (χ3n) is 3.90. The largest absolute Gasteiger partial charge is 0.379 e. The second-order valence-corrected chi connectivity index (χ2v) is 6.99. The molecule has 2 unspecified atom stereocenters. The Labute approximate surface area is 131 Å². The molecule has 2 atom stereocenters. The summed E-state index contributed by atoms with van der Waals surface area (Å²) < 4.78 is 5.41. The quantitative estimate of drug-likeness (QED) is 0.871. The molecule has 1 aliphatic carbocycles. The topological polar surface area (TPSA) is 51.2 Å². The molecule has 0 radical (unpaired) electrons. The Morgan fingerprint density at radius 1 is 1.38 bits per heavy atom. The van der Waals surface area contributed by atoms with Crippen LogP contribution in [0.25, 0.3) is 0 Å². The zero-order chi connectivity index (χ0) is 15.6. The van der Waals surface area contributed by atoms with Gasteiger partial charge in [-0.05, 0) is 31.4 Å². The lowest BCUT2D eigenvalue weighted by atomic mass is 9.91. The van der Waals surface area contributed by atoms with Crippen LogP contribution in [0.15, 0.2) is 12.1 Å². The number of methoxy groups -OCH3 is 1. The van der Waals surface area contributed by atoms with E-state index in [0.717, 1.165) is 25.0 Å². The maximum atomic E-state index is 12.4. The summed E-state index contributed by atoms with van der Waals surface area (Å²) in [5.41, 5.74) is 1.22. The first-order valence-electron chi connectivity index (χ1n) is 7.33. The van der Waals surface area contributed by atoms with Gasteiger partial charge in [-0.3, -0.25) is 4.79 Å². The Kier molecular flexibility index (Phi) is 4.89. The maximum Gasteiger partial charge on any atom is 0.251 e. The van der Waals surface area contributed by atoms with E-state index in [9.17, 15) is 4.79 Å². The minimum Gasteiger partial charge on any atom is -0.379 e. The van der Waals surface area contributed by atoms with Gasteiger partial charge in [0, 0.05) is 23.8 Å². The molecule has 1 fully saturated rings. The molecule has 0 aliphatic heterocycles. The van der Waals surface area contributed by atoms with Crippen LogP contribution in [-0.4, -0.2) is 30.1 Å². The summed E-state index contributed by atoms with van der Waals surface area (Å²) in [7, 11) is 1.69. The molecule has 4 nitrogen and oxygen atoms in total. The van der Waals surface area contributed by atoms with Crippen molar-refractivity contribution >= 4 is 17.5 Å². The number of ether oxygens (including phenoxy) is 1. The molecule has 1 aromatic rings. The highest BCUT2D eigenvalue weighted by Gasteiger charge is 2.29. The molecule has 0 spiro atoms. The normalized spacial score (nSPS) is 22.3. The third-order valence-corrected chi connectivity index (χ3v) is 4.09. The van der Waals surface area contributed by atoms with Gasteiger partial charge in [0.05, 0.1) is 12.1 Å². The minimum atomic E-state index is -0.150. The number of hydrogen-bond acceptors (Lipinski definition) is 3. The molecule has 1 saturated carbocycles. The van der Waals surface area contributed by atoms with Crippen LogP contribution in [0.2, 0.25) is 5.15 Å². The number of nitrogens with zero attached hydrogens (tertiary/aromatic N) is 1. The van der Waals surface area contributed by atoms with Crippen molar-refractivity contribution in [2.45, 2.75) is 57.6 Å². The van der Waals surface area contributed by atoms with E-state index in [1.165, 1.54) is 0 Å². The Bertz CT molecular complexity index is 525. The van der Waals surface area contributed by atoms with E-state index >= 15 is 0 Å². The SMILES string of the molecule is COC1CCCC1NC(=O)c1cc(Cl)nc(C(C)(C)C)c1. The standard InChI is InChI=1S/C16H23ClN2O2/c1-16(2,3)13-8-10(9-14(17)19-13)15(20)18-11-6-5-7-12(11)21-4/h8-9,11-12H,5-7H2,1-4H3,(H,18,20). The van der Waals surface area contributed by atoms with Crippen molar-refractivity contribution in [2.75, 3.05) is 7.11 Å². The summed E-state index contributed by atoms with van der Waals surface area (Å²) in [5, 5.41) is 3.40.